The van der Waals surface area contributed by atoms with Gasteiger partial charge in [0.1, 0.15) is 23.7 Å². The SMILES string of the molecule is c1cc(OC2CCN(c3ncnc4nc[nH]c34)CC2)c2cc[nH]c2c1. The van der Waals surface area contributed by atoms with Crippen LogP contribution in [0.2, 0.25) is 0 Å². The van der Waals surface area contributed by atoms with Crippen molar-refractivity contribution in [3.63, 3.8) is 0 Å². The molecule has 126 valence electrons. The van der Waals surface area contributed by atoms with E-state index in [1.54, 1.807) is 12.7 Å². The van der Waals surface area contributed by atoms with Crippen molar-refractivity contribution in [3.05, 3.63) is 43.1 Å². The first kappa shape index (κ1) is 14.3. The van der Waals surface area contributed by atoms with Gasteiger partial charge >= 0.3 is 0 Å². The lowest BCUT2D eigenvalue weighted by Crippen LogP contribution is -2.38. The molecule has 0 spiro atoms. The third kappa shape index (κ3) is 2.48. The number of rotatable bonds is 3. The monoisotopic (exact) mass is 334 g/mol. The zero-order valence-electron chi connectivity index (χ0n) is 13.6. The van der Waals surface area contributed by atoms with Crippen LogP contribution in [0.4, 0.5) is 5.82 Å². The van der Waals surface area contributed by atoms with Gasteiger partial charge in [-0.05, 0) is 18.2 Å². The number of ether oxygens (including phenoxy) is 1. The summed E-state index contributed by atoms with van der Waals surface area (Å²) in [6, 6.07) is 8.20. The highest BCUT2D eigenvalue weighted by molar-refractivity contribution is 5.85. The van der Waals surface area contributed by atoms with E-state index in [0.29, 0.717) is 5.65 Å². The molecule has 5 rings (SSSR count). The van der Waals surface area contributed by atoms with Crippen LogP contribution in [0.5, 0.6) is 5.75 Å². The van der Waals surface area contributed by atoms with Crippen LogP contribution >= 0.6 is 0 Å². The molecule has 0 aliphatic carbocycles. The summed E-state index contributed by atoms with van der Waals surface area (Å²) >= 11 is 0. The van der Waals surface area contributed by atoms with Crippen molar-refractivity contribution in [2.45, 2.75) is 18.9 Å². The molecule has 4 heterocycles. The second-order valence-corrected chi connectivity index (χ2v) is 6.30. The molecule has 7 heteroatoms. The molecule has 0 saturated carbocycles. The first-order chi connectivity index (χ1) is 12.4. The van der Waals surface area contributed by atoms with E-state index in [-0.39, 0.29) is 6.10 Å². The first-order valence-corrected chi connectivity index (χ1v) is 8.50. The third-order valence-corrected chi connectivity index (χ3v) is 4.79. The van der Waals surface area contributed by atoms with Crippen LogP contribution in [-0.4, -0.2) is 44.1 Å². The summed E-state index contributed by atoms with van der Waals surface area (Å²) in [5, 5.41) is 1.14. The van der Waals surface area contributed by atoms with Crippen molar-refractivity contribution in [2.75, 3.05) is 18.0 Å². The molecule has 1 aromatic carbocycles. The summed E-state index contributed by atoms with van der Waals surface area (Å²) in [6.07, 6.45) is 7.33. The maximum Gasteiger partial charge on any atom is 0.182 e. The number of aromatic nitrogens is 5. The van der Waals surface area contributed by atoms with Crippen LogP contribution in [0.3, 0.4) is 0 Å². The maximum absolute atomic E-state index is 6.28. The zero-order chi connectivity index (χ0) is 16.6. The zero-order valence-corrected chi connectivity index (χ0v) is 13.6. The quantitative estimate of drug-likeness (QED) is 0.602. The van der Waals surface area contributed by atoms with Gasteiger partial charge in [0.2, 0.25) is 0 Å². The minimum Gasteiger partial charge on any atom is -0.490 e. The van der Waals surface area contributed by atoms with Gasteiger partial charge in [0.15, 0.2) is 11.5 Å². The van der Waals surface area contributed by atoms with Crippen molar-refractivity contribution in [3.8, 4) is 5.75 Å². The van der Waals surface area contributed by atoms with E-state index >= 15 is 0 Å². The van der Waals surface area contributed by atoms with Crippen LogP contribution in [0.15, 0.2) is 43.1 Å². The summed E-state index contributed by atoms with van der Waals surface area (Å²) in [5.41, 5.74) is 2.72. The van der Waals surface area contributed by atoms with Gasteiger partial charge in [0, 0.05) is 43.0 Å². The lowest BCUT2D eigenvalue weighted by molar-refractivity contribution is 0.173. The van der Waals surface area contributed by atoms with Crippen molar-refractivity contribution < 1.29 is 4.74 Å². The van der Waals surface area contributed by atoms with Gasteiger partial charge in [-0.3, -0.25) is 0 Å². The van der Waals surface area contributed by atoms with Crippen molar-refractivity contribution in [2.24, 2.45) is 0 Å². The number of imidazole rings is 1. The number of fused-ring (bicyclic) bond motifs is 2. The Morgan fingerprint density at radius 2 is 1.96 bits per heavy atom. The fourth-order valence-electron chi connectivity index (χ4n) is 3.52. The number of benzene rings is 1. The van der Waals surface area contributed by atoms with E-state index in [2.05, 4.69) is 42.0 Å². The van der Waals surface area contributed by atoms with Crippen LogP contribution in [0.1, 0.15) is 12.8 Å². The topological polar surface area (TPSA) is 82.7 Å². The average molecular weight is 334 g/mol. The minimum atomic E-state index is 0.218. The van der Waals surface area contributed by atoms with Crippen LogP contribution in [-0.2, 0) is 0 Å². The van der Waals surface area contributed by atoms with Gasteiger partial charge in [-0.2, -0.15) is 0 Å². The Kier molecular flexibility index (Phi) is 3.29. The molecule has 2 N–H and O–H groups in total. The molecule has 0 unspecified atom stereocenters. The minimum absolute atomic E-state index is 0.218. The normalized spacial score (nSPS) is 15.9. The van der Waals surface area contributed by atoms with Gasteiger partial charge < -0.3 is 19.6 Å². The average Bonchev–Trinajstić information content (AvgIpc) is 3.32. The second kappa shape index (κ2) is 5.77. The van der Waals surface area contributed by atoms with E-state index < -0.39 is 0 Å². The molecule has 1 fully saturated rings. The van der Waals surface area contributed by atoms with Crippen LogP contribution in [0, 0.1) is 0 Å². The van der Waals surface area contributed by atoms with Gasteiger partial charge in [-0.15, -0.1) is 0 Å². The fraction of sp³-hybridized carbons (Fsp3) is 0.278. The Balaban J connectivity index is 1.31. The Labute approximate surface area is 144 Å². The number of hydrogen-bond donors (Lipinski definition) is 2. The Morgan fingerprint density at radius 1 is 1.04 bits per heavy atom. The molecule has 1 aliphatic heterocycles. The van der Waals surface area contributed by atoms with Gasteiger partial charge in [-0.25, -0.2) is 15.0 Å². The molecule has 1 saturated heterocycles. The molecule has 3 aromatic heterocycles. The summed E-state index contributed by atoms with van der Waals surface area (Å²) in [4.78, 5) is 21.5. The molecule has 0 amide bonds. The molecule has 7 nitrogen and oxygen atoms in total. The molecule has 0 bridgehead atoms. The predicted molar refractivity (Wildman–Crippen MR) is 95.8 cm³/mol. The van der Waals surface area contributed by atoms with Crippen LogP contribution in [0.25, 0.3) is 22.1 Å². The highest BCUT2D eigenvalue weighted by Gasteiger charge is 2.24. The molecule has 1 aliphatic rings. The highest BCUT2D eigenvalue weighted by atomic mass is 16.5. The number of nitrogens with zero attached hydrogens (tertiary/aromatic N) is 4. The number of hydrogen-bond acceptors (Lipinski definition) is 5. The van der Waals surface area contributed by atoms with Gasteiger partial charge in [0.25, 0.3) is 0 Å². The Bertz CT molecular complexity index is 1010. The number of piperidine rings is 1. The smallest absolute Gasteiger partial charge is 0.182 e. The second-order valence-electron chi connectivity index (χ2n) is 6.30. The molecule has 4 aromatic rings. The van der Waals surface area contributed by atoms with Crippen molar-refractivity contribution in [1.29, 1.82) is 0 Å². The summed E-state index contributed by atoms with van der Waals surface area (Å²) in [6.45, 7) is 1.80. The molecular formula is C18H18N6O. The summed E-state index contributed by atoms with van der Waals surface area (Å²) in [7, 11) is 0. The Hall–Kier alpha value is -3.09. The largest absolute Gasteiger partial charge is 0.490 e. The fourth-order valence-corrected chi connectivity index (χ4v) is 3.52. The summed E-state index contributed by atoms with van der Waals surface area (Å²) < 4.78 is 6.28. The lowest BCUT2D eigenvalue weighted by atomic mass is 10.1. The standard InChI is InChI=1S/C18H18N6O/c1-2-14-13(4-7-19-14)15(3-1)25-12-5-8-24(9-6-12)18-16-17(21-10-20-16)22-11-23-18/h1-4,7,10-12,19H,5-6,8-9H2,(H,20,21,22,23). The Morgan fingerprint density at radius 3 is 2.88 bits per heavy atom. The predicted octanol–water partition coefficient (Wildman–Crippen LogP) is 2.88. The van der Waals surface area contributed by atoms with Gasteiger partial charge in [0.05, 0.1) is 6.33 Å². The molecule has 0 radical (unpaired) electrons. The first-order valence-electron chi connectivity index (χ1n) is 8.50. The number of H-pyrrole nitrogens is 2. The van der Waals surface area contributed by atoms with E-state index in [1.165, 1.54) is 0 Å². The van der Waals surface area contributed by atoms with E-state index in [9.17, 15) is 0 Å². The summed E-state index contributed by atoms with van der Waals surface area (Å²) in [5.74, 6) is 1.88. The number of aromatic amines is 2. The van der Waals surface area contributed by atoms with E-state index in [0.717, 1.165) is 53.9 Å². The maximum atomic E-state index is 6.28. The molecular weight excluding hydrogens is 316 g/mol. The van der Waals surface area contributed by atoms with Gasteiger partial charge in [-0.1, -0.05) is 6.07 Å². The van der Waals surface area contributed by atoms with E-state index in [4.69, 9.17) is 4.74 Å². The van der Waals surface area contributed by atoms with Crippen molar-refractivity contribution >= 4 is 27.9 Å². The molecule has 25 heavy (non-hydrogen) atoms. The van der Waals surface area contributed by atoms with E-state index in [1.807, 2.05) is 18.3 Å². The van der Waals surface area contributed by atoms with Crippen LogP contribution < -0.4 is 9.64 Å². The number of nitrogens with one attached hydrogen (secondary N) is 2. The number of anilines is 1. The lowest BCUT2D eigenvalue weighted by Gasteiger charge is -2.33. The van der Waals surface area contributed by atoms with Crippen molar-refractivity contribution in [1.82, 2.24) is 24.9 Å². The third-order valence-electron chi connectivity index (χ3n) is 4.79. The molecule has 0 atom stereocenters. The highest BCUT2D eigenvalue weighted by Crippen LogP contribution is 2.29.